The number of hydrogen-bond acceptors (Lipinski definition) is 5. The van der Waals surface area contributed by atoms with E-state index in [-0.39, 0.29) is 35.6 Å². The average molecular weight is 434 g/mol. The SMILES string of the molecule is CCC1C(=O)N(CCCN2CCN(c3cc(F)ccc3OC(C)C)CC2)C(=O)C1CC. The maximum Gasteiger partial charge on any atom is 0.233 e. The second-order valence-electron chi connectivity index (χ2n) is 8.82. The van der Waals surface area contributed by atoms with Crippen LogP contribution in [0.5, 0.6) is 5.75 Å². The van der Waals surface area contributed by atoms with Gasteiger partial charge in [0.15, 0.2) is 0 Å². The zero-order valence-corrected chi connectivity index (χ0v) is 19.3. The molecule has 2 aliphatic heterocycles. The first-order valence-electron chi connectivity index (χ1n) is 11.6. The quantitative estimate of drug-likeness (QED) is 0.558. The number of anilines is 1. The van der Waals surface area contributed by atoms with E-state index >= 15 is 0 Å². The molecule has 2 atom stereocenters. The summed E-state index contributed by atoms with van der Waals surface area (Å²) < 4.78 is 19.7. The average Bonchev–Trinajstić information content (AvgIpc) is 2.98. The van der Waals surface area contributed by atoms with Crippen molar-refractivity contribution in [3.8, 4) is 5.75 Å². The lowest BCUT2D eigenvalue weighted by molar-refractivity contribution is -0.140. The monoisotopic (exact) mass is 433 g/mol. The minimum atomic E-state index is -0.260. The lowest BCUT2D eigenvalue weighted by Gasteiger charge is -2.37. The second kappa shape index (κ2) is 10.4. The minimum Gasteiger partial charge on any atom is -0.489 e. The number of piperazine rings is 1. The van der Waals surface area contributed by atoms with E-state index in [1.165, 1.54) is 11.0 Å². The smallest absolute Gasteiger partial charge is 0.233 e. The molecular weight excluding hydrogens is 397 g/mol. The highest BCUT2D eigenvalue weighted by Crippen LogP contribution is 2.32. The van der Waals surface area contributed by atoms with Gasteiger partial charge in [-0.3, -0.25) is 19.4 Å². The van der Waals surface area contributed by atoms with Crippen LogP contribution in [0.3, 0.4) is 0 Å². The first-order valence-corrected chi connectivity index (χ1v) is 11.6. The molecule has 172 valence electrons. The Hall–Kier alpha value is -2.15. The van der Waals surface area contributed by atoms with E-state index in [0.29, 0.717) is 12.3 Å². The van der Waals surface area contributed by atoms with Crippen LogP contribution < -0.4 is 9.64 Å². The molecule has 2 unspecified atom stereocenters. The summed E-state index contributed by atoms with van der Waals surface area (Å²) in [4.78, 5) is 31.2. The van der Waals surface area contributed by atoms with Crippen LogP contribution in [0.4, 0.5) is 10.1 Å². The van der Waals surface area contributed by atoms with E-state index in [0.717, 1.165) is 57.7 Å². The van der Waals surface area contributed by atoms with E-state index in [1.807, 2.05) is 27.7 Å². The van der Waals surface area contributed by atoms with Gasteiger partial charge in [0, 0.05) is 50.6 Å². The third-order valence-corrected chi connectivity index (χ3v) is 6.38. The highest BCUT2D eigenvalue weighted by Gasteiger charge is 2.44. The number of hydrogen-bond donors (Lipinski definition) is 0. The molecule has 0 spiro atoms. The number of rotatable bonds is 9. The Balaban J connectivity index is 1.50. The topological polar surface area (TPSA) is 53.1 Å². The molecule has 7 heteroatoms. The van der Waals surface area contributed by atoms with E-state index in [2.05, 4.69) is 9.80 Å². The van der Waals surface area contributed by atoms with E-state index in [1.54, 1.807) is 12.1 Å². The summed E-state index contributed by atoms with van der Waals surface area (Å²) in [7, 11) is 0. The molecule has 2 fully saturated rings. The first-order chi connectivity index (χ1) is 14.8. The summed E-state index contributed by atoms with van der Waals surface area (Å²) in [5.74, 6) is 0.182. The highest BCUT2D eigenvalue weighted by molar-refractivity contribution is 6.05. The lowest BCUT2D eigenvalue weighted by atomic mass is 9.91. The molecule has 6 nitrogen and oxygen atoms in total. The Morgan fingerprint density at radius 3 is 2.16 bits per heavy atom. The Kier molecular flexibility index (Phi) is 7.92. The van der Waals surface area contributed by atoms with Crippen molar-refractivity contribution in [2.24, 2.45) is 11.8 Å². The summed E-state index contributed by atoms with van der Waals surface area (Å²) in [6, 6.07) is 4.69. The van der Waals surface area contributed by atoms with Crippen molar-refractivity contribution in [1.29, 1.82) is 0 Å². The van der Waals surface area contributed by atoms with Crippen LogP contribution in [-0.2, 0) is 9.59 Å². The van der Waals surface area contributed by atoms with Crippen LogP contribution in [0.1, 0.15) is 47.0 Å². The van der Waals surface area contributed by atoms with Gasteiger partial charge in [0.05, 0.1) is 11.8 Å². The summed E-state index contributed by atoms with van der Waals surface area (Å²) in [6.07, 6.45) is 2.27. The maximum absolute atomic E-state index is 13.8. The van der Waals surface area contributed by atoms with Crippen molar-refractivity contribution >= 4 is 17.5 Å². The zero-order valence-electron chi connectivity index (χ0n) is 19.3. The second-order valence-corrected chi connectivity index (χ2v) is 8.82. The van der Waals surface area contributed by atoms with Gasteiger partial charge in [0.2, 0.25) is 11.8 Å². The van der Waals surface area contributed by atoms with Gasteiger partial charge in [-0.05, 0) is 51.8 Å². The van der Waals surface area contributed by atoms with Gasteiger partial charge < -0.3 is 9.64 Å². The number of amides is 2. The van der Waals surface area contributed by atoms with Crippen molar-refractivity contribution in [2.45, 2.75) is 53.1 Å². The molecule has 1 aromatic carbocycles. The fraction of sp³-hybridized carbons (Fsp3) is 0.667. The number of likely N-dealkylation sites (tertiary alicyclic amines) is 1. The molecule has 0 aromatic heterocycles. The number of imide groups is 1. The van der Waals surface area contributed by atoms with Gasteiger partial charge in [0.25, 0.3) is 0 Å². The molecule has 0 bridgehead atoms. The number of benzene rings is 1. The number of halogens is 1. The molecule has 0 aliphatic carbocycles. The van der Waals surface area contributed by atoms with Gasteiger partial charge >= 0.3 is 0 Å². The normalized spacial score (nSPS) is 22.6. The molecule has 3 rings (SSSR count). The summed E-state index contributed by atoms with van der Waals surface area (Å²) in [5.41, 5.74) is 0.804. The van der Waals surface area contributed by atoms with Crippen LogP contribution in [0, 0.1) is 17.7 Å². The standard InChI is InChI=1S/C24H36FN3O3/c1-5-19-20(6-2)24(30)28(23(19)29)11-7-10-26-12-14-27(15-13-26)21-16-18(25)8-9-22(21)31-17(3)4/h8-9,16-17,19-20H,5-7,10-15H2,1-4H3. The van der Waals surface area contributed by atoms with E-state index in [9.17, 15) is 14.0 Å². The third kappa shape index (κ3) is 5.37. The summed E-state index contributed by atoms with van der Waals surface area (Å²) >= 11 is 0. The Morgan fingerprint density at radius 1 is 1.00 bits per heavy atom. The largest absolute Gasteiger partial charge is 0.489 e. The molecule has 0 saturated carbocycles. The summed E-state index contributed by atoms with van der Waals surface area (Å²) in [6.45, 7) is 12.5. The Morgan fingerprint density at radius 2 is 1.61 bits per heavy atom. The van der Waals surface area contributed by atoms with Gasteiger partial charge in [-0.1, -0.05) is 13.8 Å². The highest BCUT2D eigenvalue weighted by atomic mass is 19.1. The van der Waals surface area contributed by atoms with E-state index < -0.39 is 0 Å². The van der Waals surface area contributed by atoms with Crippen molar-refractivity contribution in [3.63, 3.8) is 0 Å². The fourth-order valence-electron chi connectivity index (χ4n) is 4.75. The number of carbonyl (C=O) groups excluding carboxylic acids is 2. The fourth-order valence-corrected chi connectivity index (χ4v) is 4.75. The Bertz CT molecular complexity index is 755. The van der Waals surface area contributed by atoms with Gasteiger partial charge in [-0.15, -0.1) is 0 Å². The number of ether oxygens (including phenoxy) is 1. The third-order valence-electron chi connectivity index (χ3n) is 6.38. The van der Waals surface area contributed by atoms with Crippen LogP contribution in [0.2, 0.25) is 0 Å². The Labute approximate surface area is 185 Å². The molecule has 31 heavy (non-hydrogen) atoms. The molecule has 2 saturated heterocycles. The van der Waals surface area contributed by atoms with Crippen LogP contribution in [-0.4, -0.2) is 67.0 Å². The molecule has 2 aliphatic rings. The predicted molar refractivity (Wildman–Crippen MR) is 120 cm³/mol. The summed E-state index contributed by atoms with van der Waals surface area (Å²) in [5, 5.41) is 0. The van der Waals surface area contributed by atoms with Crippen LogP contribution in [0.15, 0.2) is 18.2 Å². The van der Waals surface area contributed by atoms with Crippen molar-refractivity contribution in [1.82, 2.24) is 9.80 Å². The van der Waals surface area contributed by atoms with Crippen LogP contribution >= 0.6 is 0 Å². The number of carbonyl (C=O) groups is 2. The minimum absolute atomic E-state index is 0.00737. The van der Waals surface area contributed by atoms with Crippen molar-refractivity contribution in [2.75, 3.05) is 44.2 Å². The van der Waals surface area contributed by atoms with Crippen LogP contribution in [0.25, 0.3) is 0 Å². The lowest BCUT2D eigenvalue weighted by Crippen LogP contribution is -2.47. The molecule has 2 heterocycles. The van der Waals surface area contributed by atoms with Crippen molar-refractivity contribution in [3.05, 3.63) is 24.0 Å². The molecule has 1 aromatic rings. The van der Waals surface area contributed by atoms with Gasteiger partial charge in [-0.2, -0.15) is 0 Å². The zero-order chi connectivity index (χ0) is 22.5. The molecule has 0 N–H and O–H groups in total. The molecule has 0 radical (unpaired) electrons. The van der Waals surface area contributed by atoms with Gasteiger partial charge in [-0.25, -0.2) is 4.39 Å². The van der Waals surface area contributed by atoms with Crippen molar-refractivity contribution < 1.29 is 18.7 Å². The molecular formula is C24H36FN3O3. The molecule has 2 amide bonds. The first kappa shape index (κ1) is 23.5. The van der Waals surface area contributed by atoms with Gasteiger partial charge in [0.1, 0.15) is 11.6 Å². The van der Waals surface area contributed by atoms with E-state index in [4.69, 9.17) is 4.74 Å². The number of nitrogens with zero attached hydrogens (tertiary/aromatic N) is 3. The predicted octanol–water partition coefficient (Wildman–Crippen LogP) is 3.55. The maximum atomic E-state index is 13.8.